The molecule has 4 rings (SSSR count). The second kappa shape index (κ2) is 7.02. The first-order valence-electron chi connectivity index (χ1n) is 9.39. The number of hydrogen-bond acceptors (Lipinski definition) is 3. The number of fused-ring (bicyclic) bond motifs is 1. The van der Waals surface area contributed by atoms with Crippen molar-refractivity contribution in [1.82, 2.24) is 14.8 Å². The van der Waals surface area contributed by atoms with Crippen molar-refractivity contribution >= 4 is 22.7 Å². The van der Waals surface area contributed by atoms with E-state index in [2.05, 4.69) is 11.2 Å². The van der Waals surface area contributed by atoms with Crippen molar-refractivity contribution in [2.24, 2.45) is 0 Å². The lowest BCUT2D eigenvalue weighted by atomic mass is 9.80. The maximum absolute atomic E-state index is 12.5. The molecule has 26 heavy (non-hydrogen) atoms. The summed E-state index contributed by atoms with van der Waals surface area (Å²) >= 11 is 0. The van der Waals surface area contributed by atoms with Crippen LogP contribution in [0, 0.1) is 0 Å². The van der Waals surface area contributed by atoms with Crippen molar-refractivity contribution in [1.29, 1.82) is 0 Å². The highest BCUT2D eigenvalue weighted by atomic mass is 16.5. The average molecular weight is 355 g/mol. The zero-order valence-corrected chi connectivity index (χ0v) is 15.2. The standard InChI is InChI=1S/C20H25N3O3/c1-14(24)22-8-10-23(11-9-22)19(25)13-26-18-7-3-6-17-20(18)16(12-21-17)15-4-2-5-15/h3,6-7,12,15,21H,2,4-5,8-11,13H2,1H3. The van der Waals surface area contributed by atoms with Crippen LogP contribution >= 0.6 is 0 Å². The molecule has 1 aromatic heterocycles. The van der Waals surface area contributed by atoms with Gasteiger partial charge >= 0.3 is 0 Å². The molecule has 0 radical (unpaired) electrons. The summed E-state index contributed by atoms with van der Waals surface area (Å²) < 4.78 is 5.93. The number of ether oxygens (including phenoxy) is 1. The van der Waals surface area contributed by atoms with Gasteiger partial charge in [0.15, 0.2) is 6.61 Å². The van der Waals surface area contributed by atoms with E-state index in [4.69, 9.17) is 4.74 Å². The summed E-state index contributed by atoms with van der Waals surface area (Å²) in [5.41, 5.74) is 2.37. The molecule has 2 fully saturated rings. The zero-order valence-electron chi connectivity index (χ0n) is 15.2. The van der Waals surface area contributed by atoms with Crippen molar-refractivity contribution in [3.05, 3.63) is 30.0 Å². The van der Waals surface area contributed by atoms with Gasteiger partial charge in [-0.3, -0.25) is 9.59 Å². The fourth-order valence-electron chi connectivity index (χ4n) is 3.84. The van der Waals surface area contributed by atoms with E-state index in [1.54, 1.807) is 16.7 Å². The average Bonchev–Trinajstić information content (AvgIpc) is 3.02. The van der Waals surface area contributed by atoms with Gasteiger partial charge in [-0.05, 0) is 36.5 Å². The highest BCUT2D eigenvalue weighted by Crippen LogP contribution is 2.42. The number of nitrogens with one attached hydrogen (secondary N) is 1. The Morgan fingerprint density at radius 1 is 1.15 bits per heavy atom. The van der Waals surface area contributed by atoms with Crippen molar-refractivity contribution in [2.75, 3.05) is 32.8 Å². The molecular formula is C20H25N3O3. The SMILES string of the molecule is CC(=O)N1CCN(C(=O)COc2cccc3[nH]cc(C4CCC4)c23)CC1. The normalized spacial score (nSPS) is 18.0. The molecule has 0 atom stereocenters. The van der Waals surface area contributed by atoms with Crippen molar-refractivity contribution < 1.29 is 14.3 Å². The molecule has 6 nitrogen and oxygen atoms in total. The van der Waals surface area contributed by atoms with Crippen molar-refractivity contribution in [3.63, 3.8) is 0 Å². The van der Waals surface area contributed by atoms with E-state index in [1.165, 1.54) is 24.8 Å². The summed E-state index contributed by atoms with van der Waals surface area (Å²) in [6.07, 6.45) is 5.82. The Balaban J connectivity index is 1.42. The zero-order chi connectivity index (χ0) is 18.1. The number of carbonyl (C=O) groups is 2. The van der Waals surface area contributed by atoms with Crippen molar-refractivity contribution in [2.45, 2.75) is 32.1 Å². The van der Waals surface area contributed by atoms with E-state index >= 15 is 0 Å². The molecule has 1 aliphatic carbocycles. The summed E-state index contributed by atoms with van der Waals surface area (Å²) in [5.74, 6) is 1.42. The number of rotatable bonds is 4. The summed E-state index contributed by atoms with van der Waals surface area (Å²) in [5, 5.41) is 1.12. The third-order valence-corrected chi connectivity index (χ3v) is 5.67. The van der Waals surface area contributed by atoms with E-state index in [9.17, 15) is 9.59 Å². The minimum Gasteiger partial charge on any atom is -0.483 e. The molecule has 2 aromatic rings. The minimum atomic E-state index is -0.0223. The van der Waals surface area contributed by atoms with Crippen LogP contribution < -0.4 is 4.74 Å². The molecular weight excluding hydrogens is 330 g/mol. The highest BCUT2D eigenvalue weighted by Gasteiger charge is 2.25. The van der Waals surface area contributed by atoms with E-state index in [1.807, 2.05) is 18.2 Å². The van der Waals surface area contributed by atoms with Gasteiger partial charge in [-0.2, -0.15) is 0 Å². The van der Waals surface area contributed by atoms with Crippen LogP contribution in [-0.2, 0) is 9.59 Å². The van der Waals surface area contributed by atoms with E-state index in [-0.39, 0.29) is 18.4 Å². The molecule has 0 unspecified atom stereocenters. The number of piperazine rings is 1. The molecule has 2 heterocycles. The topological polar surface area (TPSA) is 65.6 Å². The second-order valence-electron chi connectivity index (χ2n) is 7.23. The first-order valence-corrected chi connectivity index (χ1v) is 9.39. The largest absolute Gasteiger partial charge is 0.483 e. The van der Waals surface area contributed by atoms with Crippen LogP contribution in [0.2, 0.25) is 0 Å². The molecule has 1 saturated carbocycles. The van der Waals surface area contributed by atoms with Gasteiger partial charge in [0.05, 0.1) is 0 Å². The number of benzene rings is 1. The molecule has 1 N–H and O–H groups in total. The van der Waals surface area contributed by atoms with Gasteiger partial charge in [0.25, 0.3) is 5.91 Å². The number of aromatic nitrogens is 1. The summed E-state index contributed by atoms with van der Waals surface area (Å²) in [6.45, 7) is 3.94. The lowest BCUT2D eigenvalue weighted by Crippen LogP contribution is -2.51. The summed E-state index contributed by atoms with van der Waals surface area (Å²) in [6, 6.07) is 5.95. The van der Waals surface area contributed by atoms with E-state index in [0.717, 1.165) is 16.7 Å². The predicted molar refractivity (Wildman–Crippen MR) is 99.2 cm³/mol. The quantitative estimate of drug-likeness (QED) is 0.916. The maximum Gasteiger partial charge on any atom is 0.260 e. The Morgan fingerprint density at radius 2 is 1.88 bits per heavy atom. The van der Waals surface area contributed by atoms with Gasteiger partial charge in [-0.1, -0.05) is 12.5 Å². The fourth-order valence-corrected chi connectivity index (χ4v) is 3.84. The predicted octanol–water partition coefficient (Wildman–Crippen LogP) is 2.50. The maximum atomic E-state index is 12.5. The van der Waals surface area contributed by atoms with Crippen LogP contribution in [0.3, 0.4) is 0 Å². The fraction of sp³-hybridized carbons (Fsp3) is 0.500. The Hall–Kier alpha value is -2.50. The third kappa shape index (κ3) is 3.16. The van der Waals surface area contributed by atoms with Crippen LogP contribution in [0.15, 0.2) is 24.4 Å². The Kier molecular flexibility index (Phi) is 4.57. The number of carbonyl (C=O) groups excluding carboxylic acids is 2. The smallest absolute Gasteiger partial charge is 0.260 e. The number of amides is 2. The van der Waals surface area contributed by atoms with Gasteiger partial charge in [-0.25, -0.2) is 0 Å². The Morgan fingerprint density at radius 3 is 2.54 bits per heavy atom. The number of H-pyrrole nitrogens is 1. The second-order valence-corrected chi connectivity index (χ2v) is 7.23. The Labute approximate surface area is 153 Å². The lowest BCUT2D eigenvalue weighted by molar-refractivity contribution is -0.139. The number of nitrogens with zero attached hydrogens (tertiary/aromatic N) is 2. The van der Waals surface area contributed by atoms with Gasteiger partial charge in [0, 0.05) is 50.2 Å². The van der Waals surface area contributed by atoms with Gasteiger partial charge in [0.2, 0.25) is 5.91 Å². The monoisotopic (exact) mass is 355 g/mol. The number of aromatic amines is 1. The molecule has 1 aliphatic heterocycles. The third-order valence-electron chi connectivity index (χ3n) is 5.67. The Bertz CT molecular complexity index is 817. The number of hydrogen-bond donors (Lipinski definition) is 1. The van der Waals surface area contributed by atoms with Gasteiger partial charge in [0.1, 0.15) is 5.75 Å². The van der Waals surface area contributed by atoms with Crippen LogP contribution in [0.25, 0.3) is 10.9 Å². The molecule has 2 aliphatic rings. The highest BCUT2D eigenvalue weighted by molar-refractivity contribution is 5.90. The van der Waals surface area contributed by atoms with Crippen LogP contribution in [0.4, 0.5) is 0 Å². The molecule has 138 valence electrons. The molecule has 1 aromatic carbocycles. The molecule has 0 spiro atoms. The molecule has 1 saturated heterocycles. The van der Waals surface area contributed by atoms with Crippen LogP contribution in [-0.4, -0.2) is 59.4 Å². The van der Waals surface area contributed by atoms with Gasteiger partial charge < -0.3 is 19.5 Å². The molecule has 6 heteroatoms. The van der Waals surface area contributed by atoms with Gasteiger partial charge in [-0.15, -0.1) is 0 Å². The summed E-state index contributed by atoms with van der Waals surface area (Å²) in [4.78, 5) is 30.8. The first-order chi connectivity index (χ1) is 12.6. The first kappa shape index (κ1) is 16.9. The van der Waals surface area contributed by atoms with E-state index < -0.39 is 0 Å². The van der Waals surface area contributed by atoms with Crippen LogP contribution in [0.1, 0.15) is 37.7 Å². The van der Waals surface area contributed by atoms with Crippen LogP contribution in [0.5, 0.6) is 5.75 Å². The summed E-state index contributed by atoms with van der Waals surface area (Å²) in [7, 11) is 0. The minimum absolute atomic E-state index is 0.0223. The molecule has 2 amide bonds. The lowest BCUT2D eigenvalue weighted by Gasteiger charge is -2.34. The molecule has 0 bridgehead atoms. The van der Waals surface area contributed by atoms with Crippen molar-refractivity contribution in [3.8, 4) is 5.75 Å². The van der Waals surface area contributed by atoms with E-state index in [0.29, 0.717) is 32.1 Å².